The molecule has 19 heavy (non-hydrogen) atoms. The normalized spacial score (nSPS) is 10.7. The van der Waals surface area contributed by atoms with Gasteiger partial charge in [-0.1, -0.05) is 38.1 Å². The Hall–Kier alpha value is -2.14. The first-order chi connectivity index (χ1) is 9.13. The van der Waals surface area contributed by atoms with Crippen LogP contribution in [0, 0.1) is 5.92 Å². The zero-order valence-electron chi connectivity index (χ0n) is 11.1. The molecule has 1 heterocycles. The molecule has 0 fully saturated rings. The Bertz CT molecular complexity index is 595. The number of fused-ring (bicyclic) bond motifs is 1. The van der Waals surface area contributed by atoms with E-state index in [9.17, 15) is 4.79 Å². The van der Waals surface area contributed by atoms with Crippen LogP contribution in [0.1, 0.15) is 24.2 Å². The van der Waals surface area contributed by atoms with Crippen LogP contribution < -0.4 is 16.6 Å². The summed E-state index contributed by atoms with van der Waals surface area (Å²) in [5.41, 5.74) is 3.11. The summed E-state index contributed by atoms with van der Waals surface area (Å²) in [5.74, 6) is 6.29. The number of hydrazine groups is 1. The van der Waals surface area contributed by atoms with Crippen LogP contribution in [0.3, 0.4) is 0 Å². The Morgan fingerprint density at radius 2 is 2.00 bits per heavy atom. The average Bonchev–Trinajstić information content (AvgIpc) is 2.43. The molecule has 5 nitrogen and oxygen atoms in total. The summed E-state index contributed by atoms with van der Waals surface area (Å²) in [6.45, 7) is 4.75. The topological polar surface area (TPSA) is 80.0 Å². The number of hydrogen-bond donors (Lipinski definition) is 3. The second-order valence-electron chi connectivity index (χ2n) is 4.81. The first kappa shape index (κ1) is 13.3. The van der Waals surface area contributed by atoms with Gasteiger partial charge in [-0.05, 0) is 11.3 Å². The van der Waals surface area contributed by atoms with Gasteiger partial charge in [-0.2, -0.15) is 0 Å². The molecule has 0 bridgehead atoms. The van der Waals surface area contributed by atoms with Crippen molar-refractivity contribution in [1.29, 1.82) is 0 Å². The average molecular weight is 258 g/mol. The van der Waals surface area contributed by atoms with Crippen molar-refractivity contribution < 1.29 is 4.79 Å². The summed E-state index contributed by atoms with van der Waals surface area (Å²) in [7, 11) is 0. The summed E-state index contributed by atoms with van der Waals surface area (Å²) in [4.78, 5) is 16.3. The number of amides is 1. The largest absolute Gasteiger partial charge is 0.352 e. The van der Waals surface area contributed by atoms with Gasteiger partial charge in [0.15, 0.2) is 0 Å². The fourth-order valence-corrected chi connectivity index (χ4v) is 1.88. The number of nitrogen functional groups attached to an aromatic ring is 1. The minimum Gasteiger partial charge on any atom is -0.352 e. The lowest BCUT2D eigenvalue weighted by Gasteiger charge is -2.11. The number of carbonyl (C=O) groups excluding carboxylic acids is 1. The molecule has 100 valence electrons. The molecule has 4 N–H and O–H groups in total. The van der Waals surface area contributed by atoms with Crippen molar-refractivity contribution in [3.05, 3.63) is 36.0 Å². The van der Waals surface area contributed by atoms with Gasteiger partial charge in [-0.15, -0.1) is 0 Å². The van der Waals surface area contributed by atoms with Gasteiger partial charge in [0.25, 0.3) is 5.91 Å². The van der Waals surface area contributed by atoms with Crippen molar-refractivity contribution in [3.63, 3.8) is 0 Å². The first-order valence-electron chi connectivity index (χ1n) is 6.26. The number of nitrogens with two attached hydrogens (primary N) is 1. The molecule has 1 aromatic carbocycles. The number of carbonyl (C=O) groups is 1. The summed E-state index contributed by atoms with van der Waals surface area (Å²) in [5, 5.41) is 4.57. The Morgan fingerprint density at radius 3 is 2.63 bits per heavy atom. The molecule has 5 heteroatoms. The maximum Gasteiger partial charge on any atom is 0.253 e. The molecule has 0 spiro atoms. The molecule has 0 atom stereocenters. The molecule has 0 saturated heterocycles. The predicted molar refractivity (Wildman–Crippen MR) is 76.7 cm³/mol. The third-order valence-corrected chi connectivity index (χ3v) is 2.85. The van der Waals surface area contributed by atoms with E-state index in [1.54, 1.807) is 6.20 Å². The number of benzene rings is 1. The Labute approximate surface area is 112 Å². The Morgan fingerprint density at radius 1 is 1.32 bits per heavy atom. The van der Waals surface area contributed by atoms with E-state index in [0.717, 1.165) is 10.8 Å². The van der Waals surface area contributed by atoms with Crippen molar-refractivity contribution >= 4 is 22.5 Å². The van der Waals surface area contributed by atoms with Crippen molar-refractivity contribution in [2.45, 2.75) is 13.8 Å². The van der Waals surface area contributed by atoms with E-state index < -0.39 is 0 Å². The molecule has 1 aromatic heterocycles. The Kier molecular flexibility index (Phi) is 3.97. The SMILES string of the molecule is CC(C)CNC(=O)c1cnc(NN)c2ccccc12. The fourth-order valence-electron chi connectivity index (χ4n) is 1.88. The lowest BCUT2D eigenvalue weighted by molar-refractivity contribution is 0.0950. The van der Waals surface area contributed by atoms with E-state index in [2.05, 4.69) is 29.6 Å². The van der Waals surface area contributed by atoms with Gasteiger partial charge >= 0.3 is 0 Å². The minimum absolute atomic E-state index is 0.110. The molecule has 0 unspecified atom stereocenters. The van der Waals surface area contributed by atoms with Gasteiger partial charge in [0.2, 0.25) is 0 Å². The van der Waals surface area contributed by atoms with Gasteiger partial charge < -0.3 is 10.7 Å². The molecule has 0 aliphatic heterocycles. The van der Waals surface area contributed by atoms with Gasteiger partial charge in [-0.25, -0.2) is 10.8 Å². The highest BCUT2D eigenvalue weighted by Gasteiger charge is 2.12. The molecule has 0 aliphatic rings. The number of hydrogen-bond acceptors (Lipinski definition) is 4. The monoisotopic (exact) mass is 258 g/mol. The zero-order chi connectivity index (χ0) is 13.8. The summed E-state index contributed by atoms with van der Waals surface area (Å²) >= 11 is 0. The number of nitrogens with one attached hydrogen (secondary N) is 2. The first-order valence-corrected chi connectivity index (χ1v) is 6.26. The molecule has 0 saturated carbocycles. The molecule has 0 aliphatic carbocycles. The molecular formula is C14H18N4O. The molecule has 1 amide bonds. The fraction of sp³-hybridized carbons (Fsp3) is 0.286. The van der Waals surface area contributed by atoms with Crippen LogP contribution in [-0.2, 0) is 0 Å². The van der Waals surface area contributed by atoms with Crippen molar-refractivity contribution in [2.75, 3.05) is 12.0 Å². The number of rotatable bonds is 4. The Balaban J connectivity index is 2.41. The molecular weight excluding hydrogens is 240 g/mol. The van der Waals surface area contributed by atoms with Gasteiger partial charge in [0, 0.05) is 18.1 Å². The van der Waals surface area contributed by atoms with Crippen LogP contribution in [0.5, 0.6) is 0 Å². The number of pyridine rings is 1. The summed E-state index contributed by atoms with van der Waals surface area (Å²) in [6.07, 6.45) is 1.55. The predicted octanol–water partition coefficient (Wildman–Crippen LogP) is 1.91. The van der Waals surface area contributed by atoms with Crippen LogP contribution in [-0.4, -0.2) is 17.4 Å². The maximum atomic E-state index is 12.2. The van der Waals surface area contributed by atoms with E-state index in [4.69, 9.17) is 5.84 Å². The van der Waals surface area contributed by atoms with Crippen LogP contribution in [0.2, 0.25) is 0 Å². The number of aromatic nitrogens is 1. The van der Waals surface area contributed by atoms with Crippen LogP contribution in [0.15, 0.2) is 30.5 Å². The smallest absolute Gasteiger partial charge is 0.253 e. The molecule has 0 radical (unpaired) electrons. The van der Waals surface area contributed by atoms with Crippen molar-refractivity contribution in [2.24, 2.45) is 11.8 Å². The molecule has 2 rings (SSSR count). The van der Waals surface area contributed by atoms with Crippen molar-refractivity contribution in [1.82, 2.24) is 10.3 Å². The van der Waals surface area contributed by atoms with E-state index in [1.807, 2.05) is 24.3 Å². The van der Waals surface area contributed by atoms with Gasteiger partial charge in [0.1, 0.15) is 5.82 Å². The second kappa shape index (κ2) is 5.67. The van der Waals surface area contributed by atoms with Gasteiger partial charge in [-0.3, -0.25) is 4.79 Å². The van der Waals surface area contributed by atoms with E-state index in [1.165, 1.54) is 0 Å². The lowest BCUT2D eigenvalue weighted by atomic mass is 10.1. The zero-order valence-corrected chi connectivity index (χ0v) is 11.1. The van der Waals surface area contributed by atoms with Crippen LogP contribution in [0.4, 0.5) is 5.82 Å². The summed E-state index contributed by atoms with van der Waals surface area (Å²) in [6, 6.07) is 7.56. The number of anilines is 1. The molecule has 2 aromatic rings. The van der Waals surface area contributed by atoms with E-state index in [-0.39, 0.29) is 5.91 Å². The number of nitrogens with zero attached hydrogens (tertiary/aromatic N) is 1. The van der Waals surface area contributed by atoms with Gasteiger partial charge in [0.05, 0.1) is 5.56 Å². The third kappa shape index (κ3) is 2.82. The minimum atomic E-state index is -0.110. The highest BCUT2D eigenvalue weighted by Crippen LogP contribution is 2.23. The van der Waals surface area contributed by atoms with E-state index in [0.29, 0.717) is 23.8 Å². The van der Waals surface area contributed by atoms with Crippen LogP contribution >= 0.6 is 0 Å². The second-order valence-corrected chi connectivity index (χ2v) is 4.81. The highest BCUT2D eigenvalue weighted by molar-refractivity contribution is 6.09. The highest BCUT2D eigenvalue weighted by atomic mass is 16.1. The summed E-state index contributed by atoms with van der Waals surface area (Å²) < 4.78 is 0. The van der Waals surface area contributed by atoms with E-state index >= 15 is 0 Å². The maximum absolute atomic E-state index is 12.2. The van der Waals surface area contributed by atoms with Crippen LogP contribution in [0.25, 0.3) is 10.8 Å². The standard InChI is InChI=1S/C14H18N4O/c1-9(2)7-17-14(19)12-8-16-13(18-15)11-6-4-3-5-10(11)12/h3-6,8-9H,7,15H2,1-2H3,(H,16,18)(H,17,19). The van der Waals surface area contributed by atoms with Crippen molar-refractivity contribution in [3.8, 4) is 0 Å². The lowest BCUT2D eigenvalue weighted by Crippen LogP contribution is -2.27. The quantitative estimate of drug-likeness (QED) is 0.578. The third-order valence-electron chi connectivity index (χ3n) is 2.85.